The molecule has 0 bridgehead atoms. The highest BCUT2D eigenvalue weighted by Crippen LogP contribution is 2.20. The van der Waals surface area contributed by atoms with Gasteiger partial charge in [-0.3, -0.25) is 4.79 Å². The van der Waals surface area contributed by atoms with Crippen molar-refractivity contribution in [2.24, 2.45) is 7.05 Å². The normalized spacial score (nSPS) is 10.8. The number of furan rings is 1. The van der Waals surface area contributed by atoms with Crippen molar-refractivity contribution in [3.8, 4) is 0 Å². The van der Waals surface area contributed by atoms with Gasteiger partial charge in [0, 0.05) is 24.9 Å². The van der Waals surface area contributed by atoms with Gasteiger partial charge in [-0.25, -0.2) is 0 Å². The average molecular weight is 254 g/mol. The van der Waals surface area contributed by atoms with Crippen LogP contribution < -0.4 is 5.32 Å². The zero-order valence-electron chi connectivity index (χ0n) is 10.8. The van der Waals surface area contributed by atoms with Crippen LogP contribution in [-0.2, 0) is 7.05 Å². The van der Waals surface area contributed by atoms with Crippen molar-refractivity contribution in [2.45, 2.75) is 6.92 Å². The van der Waals surface area contributed by atoms with Crippen molar-refractivity contribution < 1.29 is 9.21 Å². The molecule has 0 aliphatic heterocycles. The molecular weight excluding hydrogens is 240 g/mol. The number of nitrogens with zero attached hydrogens (tertiary/aromatic N) is 1. The predicted molar refractivity (Wildman–Crippen MR) is 74.3 cm³/mol. The van der Waals surface area contributed by atoms with Crippen LogP contribution in [0.3, 0.4) is 0 Å². The number of aryl methyl sites for hydroxylation is 2. The standard InChI is InChI=1S/C15H14N2O2/c1-10-3-5-11(6-4-10)16-15(18)13-9-14-12(17(13)2)7-8-19-14/h3-9H,1-2H3,(H,16,18). The van der Waals surface area contributed by atoms with Gasteiger partial charge in [0.1, 0.15) is 5.69 Å². The smallest absolute Gasteiger partial charge is 0.272 e. The van der Waals surface area contributed by atoms with Gasteiger partial charge >= 0.3 is 0 Å². The number of anilines is 1. The summed E-state index contributed by atoms with van der Waals surface area (Å²) in [5.74, 6) is -0.141. The molecule has 0 aliphatic carbocycles. The third kappa shape index (κ3) is 2.01. The number of amides is 1. The van der Waals surface area contributed by atoms with E-state index < -0.39 is 0 Å². The Balaban J connectivity index is 1.89. The molecule has 96 valence electrons. The van der Waals surface area contributed by atoms with Gasteiger partial charge in [0.25, 0.3) is 5.91 Å². The lowest BCUT2D eigenvalue weighted by Gasteiger charge is -2.06. The van der Waals surface area contributed by atoms with E-state index in [1.54, 1.807) is 12.3 Å². The molecule has 1 N–H and O–H groups in total. The third-order valence-electron chi connectivity index (χ3n) is 3.21. The van der Waals surface area contributed by atoms with Crippen molar-refractivity contribution in [1.29, 1.82) is 0 Å². The van der Waals surface area contributed by atoms with E-state index in [9.17, 15) is 4.79 Å². The van der Waals surface area contributed by atoms with E-state index in [1.807, 2.05) is 48.9 Å². The highest BCUT2D eigenvalue weighted by molar-refractivity contribution is 6.05. The monoisotopic (exact) mass is 254 g/mol. The quantitative estimate of drug-likeness (QED) is 0.762. The molecule has 19 heavy (non-hydrogen) atoms. The SMILES string of the molecule is Cc1ccc(NC(=O)c2cc3occc3n2C)cc1. The van der Waals surface area contributed by atoms with Crippen molar-refractivity contribution >= 4 is 22.7 Å². The van der Waals surface area contributed by atoms with Crippen LogP contribution in [0, 0.1) is 6.92 Å². The summed E-state index contributed by atoms with van der Waals surface area (Å²) in [6, 6.07) is 11.3. The molecule has 0 atom stereocenters. The topological polar surface area (TPSA) is 47.2 Å². The largest absolute Gasteiger partial charge is 0.463 e. The summed E-state index contributed by atoms with van der Waals surface area (Å²) in [6.45, 7) is 2.01. The van der Waals surface area contributed by atoms with Gasteiger partial charge in [0.05, 0.1) is 11.8 Å². The first-order valence-corrected chi connectivity index (χ1v) is 6.06. The predicted octanol–water partition coefficient (Wildman–Crippen LogP) is 3.33. The van der Waals surface area contributed by atoms with Gasteiger partial charge in [-0.15, -0.1) is 0 Å². The number of hydrogen-bond acceptors (Lipinski definition) is 2. The van der Waals surface area contributed by atoms with Gasteiger partial charge in [-0.1, -0.05) is 17.7 Å². The maximum atomic E-state index is 12.2. The molecule has 2 heterocycles. The summed E-state index contributed by atoms with van der Waals surface area (Å²) in [5.41, 5.74) is 4.16. The van der Waals surface area contributed by atoms with Crippen LogP contribution in [0.2, 0.25) is 0 Å². The van der Waals surface area contributed by atoms with Crippen LogP contribution in [-0.4, -0.2) is 10.5 Å². The summed E-state index contributed by atoms with van der Waals surface area (Å²) >= 11 is 0. The summed E-state index contributed by atoms with van der Waals surface area (Å²) in [4.78, 5) is 12.2. The Bertz CT molecular complexity index is 735. The summed E-state index contributed by atoms with van der Waals surface area (Å²) in [6.07, 6.45) is 1.62. The number of carbonyl (C=O) groups excluding carboxylic acids is 1. The molecule has 4 heteroatoms. The molecular formula is C15H14N2O2. The van der Waals surface area contributed by atoms with Crippen molar-refractivity contribution in [3.63, 3.8) is 0 Å². The number of rotatable bonds is 2. The molecule has 0 unspecified atom stereocenters. The number of carbonyl (C=O) groups is 1. The van der Waals surface area contributed by atoms with Crippen LogP contribution in [0.4, 0.5) is 5.69 Å². The molecule has 1 amide bonds. The van der Waals surface area contributed by atoms with E-state index in [0.717, 1.165) is 22.4 Å². The highest BCUT2D eigenvalue weighted by atomic mass is 16.3. The third-order valence-corrected chi connectivity index (χ3v) is 3.21. The fourth-order valence-corrected chi connectivity index (χ4v) is 2.10. The van der Waals surface area contributed by atoms with Gasteiger partial charge < -0.3 is 14.3 Å². The van der Waals surface area contributed by atoms with Crippen LogP contribution >= 0.6 is 0 Å². The van der Waals surface area contributed by atoms with E-state index in [-0.39, 0.29) is 5.91 Å². The van der Waals surface area contributed by atoms with Crippen LogP contribution in [0.15, 0.2) is 47.1 Å². The molecule has 2 aromatic heterocycles. The zero-order valence-corrected chi connectivity index (χ0v) is 10.8. The summed E-state index contributed by atoms with van der Waals surface area (Å²) in [5, 5.41) is 2.88. The lowest BCUT2D eigenvalue weighted by molar-refractivity contribution is 0.101. The molecule has 0 saturated heterocycles. The lowest BCUT2D eigenvalue weighted by Crippen LogP contribution is -2.15. The van der Waals surface area contributed by atoms with Crippen molar-refractivity contribution in [2.75, 3.05) is 5.32 Å². The Morgan fingerprint density at radius 3 is 2.63 bits per heavy atom. The molecule has 0 fully saturated rings. The molecule has 0 spiro atoms. The molecule has 0 saturated carbocycles. The minimum absolute atomic E-state index is 0.141. The molecule has 4 nitrogen and oxygen atoms in total. The van der Waals surface area contributed by atoms with Gasteiger partial charge in [-0.2, -0.15) is 0 Å². The van der Waals surface area contributed by atoms with E-state index in [4.69, 9.17) is 4.42 Å². The van der Waals surface area contributed by atoms with Crippen LogP contribution in [0.25, 0.3) is 11.1 Å². The van der Waals surface area contributed by atoms with E-state index in [2.05, 4.69) is 5.32 Å². The first kappa shape index (κ1) is 11.6. The maximum Gasteiger partial charge on any atom is 0.272 e. The van der Waals surface area contributed by atoms with Crippen LogP contribution in [0.5, 0.6) is 0 Å². The van der Waals surface area contributed by atoms with Crippen molar-refractivity contribution in [3.05, 3.63) is 53.9 Å². The highest BCUT2D eigenvalue weighted by Gasteiger charge is 2.14. The Kier molecular flexibility index (Phi) is 2.63. The van der Waals surface area contributed by atoms with Crippen LogP contribution in [0.1, 0.15) is 16.1 Å². The summed E-state index contributed by atoms with van der Waals surface area (Å²) in [7, 11) is 1.85. The number of aromatic nitrogens is 1. The minimum Gasteiger partial charge on any atom is -0.463 e. The fourth-order valence-electron chi connectivity index (χ4n) is 2.10. The molecule has 0 radical (unpaired) electrons. The van der Waals surface area contributed by atoms with Gasteiger partial charge in [0.2, 0.25) is 0 Å². The second-order valence-corrected chi connectivity index (χ2v) is 4.58. The number of hydrogen-bond donors (Lipinski definition) is 1. The van der Waals surface area contributed by atoms with Gasteiger partial charge in [-0.05, 0) is 19.1 Å². The second-order valence-electron chi connectivity index (χ2n) is 4.58. The number of fused-ring (bicyclic) bond motifs is 1. The van der Waals surface area contributed by atoms with E-state index in [0.29, 0.717) is 5.69 Å². The maximum absolute atomic E-state index is 12.2. The Labute approximate surface area is 110 Å². The molecule has 3 rings (SSSR count). The van der Waals surface area contributed by atoms with Gasteiger partial charge in [0.15, 0.2) is 5.58 Å². The lowest BCUT2D eigenvalue weighted by atomic mass is 10.2. The first-order chi connectivity index (χ1) is 9.15. The molecule has 3 aromatic rings. The van der Waals surface area contributed by atoms with E-state index in [1.165, 1.54) is 0 Å². The fraction of sp³-hybridized carbons (Fsp3) is 0.133. The number of benzene rings is 1. The molecule has 1 aromatic carbocycles. The number of nitrogens with one attached hydrogen (secondary N) is 1. The summed E-state index contributed by atoms with van der Waals surface area (Å²) < 4.78 is 7.12. The Hall–Kier alpha value is -2.49. The Morgan fingerprint density at radius 1 is 1.21 bits per heavy atom. The average Bonchev–Trinajstić information content (AvgIpc) is 2.96. The van der Waals surface area contributed by atoms with E-state index >= 15 is 0 Å². The minimum atomic E-state index is -0.141. The molecule has 0 aliphatic rings. The second kappa shape index (κ2) is 4.31. The van der Waals surface area contributed by atoms with Crippen molar-refractivity contribution in [1.82, 2.24) is 4.57 Å². The zero-order chi connectivity index (χ0) is 13.4. The first-order valence-electron chi connectivity index (χ1n) is 6.06. The Morgan fingerprint density at radius 2 is 1.95 bits per heavy atom.